The van der Waals surface area contributed by atoms with Crippen LogP contribution in [0, 0.1) is 0 Å². The number of methoxy groups -OCH3 is 1. The number of rotatable bonds is 4. The number of hydrogen-bond acceptors (Lipinski definition) is 4. The van der Waals surface area contributed by atoms with Gasteiger partial charge in [-0.2, -0.15) is 0 Å². The summed E-state index contributed by atoms with van der Waals surface area (Å²) in [5.74, 6) is 1.31. The summed E-state index contributed by atoms with van der Waals surface area (Å²) in [4.78, 5) is 6.91. The number of aromatic nitrogens is 2. The van der Waals surface area contributed by atoms with Crippen molar-refractivity contribution in [1.29, 1.82) is 0 Å². The van der Waals surface area contributed by atoms with Gasteiger partial charge in [-0.15, -0.1) is 0 Å². The van der Waals surface area contributed by atoms with E-state index in [4.69, 9.17) is 16.3 Å². The fourth-order valence-corrected chi connectivity index (χ4v) is 1.41. The lowest BCUT2D eigenvalue weighted by Crippen LogP contribution is -2.10. The number of nitrogens with one attached hydrogen (secondary N) is 3. The number of benzene rings is 1. The monoisotopic (exact) mass is 238 g/mol. The topological polar surface area (TPSA) is 62.0 Å². The summed E-state index contributed by atoms with van der Waals surface area (Å²) in [6, 6.07) is 5.31. The van der Waals surface area contributed by atoms with Gasteiger partial charge in [0.1, 0.15) is 5.75 Å². The molecule has 1 aromatic heterocycles. The number of anilines is 2. The number of halogens is 1. The lowest BCUT2D eigenvalue weighted by molar-refractivity contribution is 0.416. The van der Waals surface area contributed by atoms with Crippen LogP contribution in [0.15, 0.2) is 30.6 Å². The molecule has 84 valence electrons. The standard InChI is InChI=1S/C10H11ClN4O/c1-16-9-3-2-7(11)6-8(9)14-15-10-12-4-5-13-10/h2-6,14H,1H3,(H2,12,13,15). The van der Waals surface area contributed by atoms with Crippen molar-refractivity contribution in [3.05, 3.63) is 35.6 Å². The Balaban J connectivity index is 2.11. The van der Waals surface area contributed by atoms with Gasteiger partial charge in [0.15, 0.2) is 0 Å². The highest BCUT2D eigenvalue weighted by Crippen LogP contribution is 2.27. The number of ether oxygens (including phenoxy) is 1. The van der Waals surface area contributed by atoms with E-state index >= 15 is 0 Å². The predicted octanol–water partition coefficient (Wildman–Crippen LogP) is 2.51. The Hall–Kier alpha value is -1.88. The molecule has 16 heavy (non-hydrogen) atoms. The number of nitrogens with zero attached hydrogens (tertiary/aromatic N) is 1. The highest BCUT2D eigenvalue weighted by molar-refractivity contribution is 6.30. The Bertz CT molecular complexity index is 458. The van der Waals surface area contributed by atoms with Gasteiger partial charge in [0.2, 0.25) is 5.95 Å². The Morgan fingerprint density at radius 3 is 2.94 bits per heavy atom. The minimum absolute atomic E-state index is 0.613. The molecule has 2 rings (SSSR count). The van der Waals surface area contributed by atoms with E-state index in [1.807, 2.05) is 0 Å². The maximum atomic E-state index is 5.89. The third-order valence-electron chi connectivity index (χ3n) is 1.98. The second-order valence-electron chi connectivity index (χ2n) is 3.03. The summed E-state index contributed by atoms with van der Waals surface area (Å²) < 4.78 is 5.18. The van der Waals surface area contributed by atoms with Gasteiger partial charge in [0.25, 0.3) is 0 Å². The van der Waals surface area contributed by atoms with E-state index in [9.17, 15) is 0 Å². The Morgan fingerprint density at radius 2 is 2.25 bits per heavy atom. The zero-order valence-corrected chi connectivity index (χ0v) is 9.38. The van der Waals surface area contributed by atoms with Gasteiger partial charge in [0, 0.05) is 17.4 Å². The van der Waals surface area contributed by atoms with Crippen LogP contribution in [0.25, 0.3) is 0 Å². The summed E-state index contributed by atoms with van der Waals surface area (Å²) in [7, 11) is 1.60. The first-order valence-corrected chi connectivity index (χ1v) is 5.02. The van der Waals surface area contributed by atoms with Crippen LogP contribution in [0.4, 0.5) is 11.6 Å². The number of H-pyrrole nitrogens is 1. The van der Waals surface area contributed by atoms with Crippen LogP contribution in [-0.2, 0) is 0 Å². The van der Waals surface area contributed by atoms with Gasteiger partial charge in [-0.25, -0.2) is 4.98 Å². The SMILES string of the molecule is COc1ccc(Cl)cc1NNc1ncc[nH]1. The van der Waals surface area contributed by atoms with Gasteiger partial charge in [-0.3, -0.25) is 10.9 Å². The largest absolute Gasteiger partial charge is 0.495 e. The van der Waals surface area contributed by atoms with Crippen molar-refractivity contribution in [3.63, 3.8) is 0 Å². The molecule has 0 aliphatic carbocycles. The minimum atomic E-state index is 0.613. The summed E-state index contributed by atoms with van der Waals surface area (Å²) in [6.07, 6.45) is 3.37. The van der Waals surface area contributed by atoms with Gasteiger partial charge in [-0.05, 0) is 18.2 Å². The lowest BCUT2D eigenvalue weighted by atomic mass is 10.3. The molecule has 0 amide bonds. The smallest absolute Gasteiger partial charge is 0.219 e. The van der Waals surface area contributed by atoms with E-state index in [0.29, 0.717) is 16.7 Å². The van der Waals surface area contributed by atoms with Gasteiger partial charge < -0.3 is 9.72 Å². The Morgan fingerprint density at radius 1 is 1.38 bits per heavy atom. The molecule has 0 atom stereocenters. The Kier molecular flexibility index (Phi) is 3.16. The summed E-state index contributed by atoms with van der Waals surface area (Å²) in [5, 5.41) is 0.629. The molecule has 1 heterocycles. The second kappa shape index (κ2) is 4.76. The molecular formula is C10H11ClN4O. The first kappa shape index (κ1) is 10.6. The average Bonchev–Trinajstić information content (AvgIpc) is 2.79. The molecule has 6 heteroatoms. The molecule has 0 unspecified atom stereocenters. The zero-order chi connectivity index (χ0) is 11.4. The van der Waals surface area contributed by atoms with E-state index in [-0.39, 0.29) is 0 Å². The fourth-order valence-electron chi connectivity index (χ4n) is 1.24. The number of hydrogen-bond donors (Lipinski definition) is 3. The van der Waals surface area contributed by atoms with Gasteiger partial charge >= 0.3 is 0 Å². The van der Waals surface area contributed by atoms with Crippen molar-refractivity contribution in [3.8, 4) is 5.75 Å². The maximum absolute atomic E-state index is 5.89. The van der Waals surface area contributed by atoms with Crippen molar-refractivity contribution in [2.45, 2.75) is 0 Å². The van der Waals surface area contributed by atoms with Crippen molar-refractivity contribution >= 4 is 23.2 Å². The third-order valence-corrected chi connectivity index (χ3v) is 2.21. The molecule has 0 aliphatic rings. The molecule has 5 nitrogen and oxygen atoms in total. The normalized spacial score (nSPS) is 9.88. The predicted molar refractivity (Wildman–Crippen MR) is 63.8 cm³/mol. The summed E-state index contributed by atoms with van der Waals surface area (Å²) in [5.41, 5.74) is 6.58. The quantitative estimate of drug-likeness (QED) is 0.717. The van der Waals surface area contributed by atoms with Crippen LogP contribution in [0.3, 0.4) is 0 Å². The number of aromatic amines is 1. The third kappa shape index (κ3) is 2.38. The molecule has 0 spiro atoms. The van der Waals surface area contributed by atoms with Crippen LogP contribution in [0.1, 0.15) is 0 Å². The van der Waals surface area contributed by atoms with Crippen LogP contribution in [0.5, 0.6) is 5.75 Å². The lowest BCUT2D eigenvalue weighted by Gasteiger charge is -2.11. The van der Waals surface area contributed by atoms with E-state index in [1.165, 1.54) is 0 Å². The molecule has 2 aromatic rings. The van der Waals surface area contributed by atoms with Crippen molar-refractivity contribution in [1.82, 2.24) is 9.97 Å². The highest BCUT2D eigenvalue weighted by atomic mass is 35.5. The highest BCUT2D eigenvalue weighted by Gasteiger charge is 2.03. The van der Waals surface area contributed by atoms with E-state index in [1.54, 1.807) is 37.7 Å². The molecule has 0 radical (unpaired) electrons. The van der Waals surface area contributed by atoms with E-state index in [0.717, 1.165) is 5.69 Å². The van der Waals surface area contributed by atoms with Crippen molar-refractivity contribution in [2.75, 3.05) is 18.0 Å². The molecule has 3 N–H and O–H groups in total. The summed E-state index contributed by atoms with van der Waals surface area (Å²) in [6.45, 7) is 0. The van der Waals surface area contributed by atoms with Crippen LogP contribution < -0.4 is 15.6 Å². The molecule has 0 aliphatic heterocycles. The fraction of sp³-hybridized carbons (Fsp3) is 0.100. The van der Waals surface area contributed by atoms with E-state index < -0.39 is 0 Å². The zero-order valence-electron chi connectivity index (χ0n) is 8.62. The summed E-state index contributed by atoms with van der Waals surface area (Å²) >= 11 is 5.89. The Labute approximate surface area is 97.8 Å². The van der Waals surface area contributed by atoms with Crippen LogP contribution in [-0.4, -0.2) is 17.1 Å². The minimum Gasteiger partial charge on any atom is -0.495 e. The van der Waals surface area contributed by atoms with Crippen LogP contribution >= 0.6 is 11.6 Å². The first-order valence-electron chi connectivity index (χ1n) is 4.64. The van der Waals surface area contributed by atoms with Crippen molar-refractivity contribution < 1.29 is 4.74 Å². The molecule has 0 saturated heterocycles. The molecule has 1 aromatic carbocycles. The number of hydrazine groups is 1. The molecule has 0 fully saturated rings. The van der Waals surface area contributed by atoms with Crippen molar-refractivity contribution in [2.24, 2.45) is 0 Å². The second-order valence-corrected chi connectivity index (χ2v) is 3.47. The molecular weight excluding hydrogens is 228 g/mol. The maximum Gasteiger partial charge on any atom is 0.219 e. The van der Waals surface area contributed by atoms with Crippen LogP contribution in [0.2, 0.25) is 5.02 Å². The number of imidazole rings is 1. The first-order chi connectivity index (χ1) is 7.79. The molecule has 0 saturated carbocycles. The van der Waals surface area contributed by atoms with Gasteiger partial charge in [0.05, 0.1) is 12.8 Å². The van der Waals surface area contributed by atoms with Gasteiger partial charge in [-0.1, -0.05) is 11.6 Å². The average molecular weight is 239 g/mol. The molecule has 0 bridgehead atoms. The van der Waals surface area contributed by atoms with E-state index in [2.05, 4.69) is 20.8 Å².